The summed E-state index contributed by atoms with van der Waals surface area (Å²) < 4.78 is 89.6. The highest BCUT2D eigenvalue weighted by atomic mass is 16.7. The fraction of sp³-hybridized carbons (Fsp3) is 0.227. The Labute approximate surface area is 644 Å². The quantitative estimate of drug-likeness (QED) is 0.0301. The van der Waals surface area contributed by atoms with Gasteiger partial charge in [-0.25, -0.2) is 38.4 Å². The van der Waals surface area contributed by atoms with Gasteiger partial charge in [-0.3, -0.25) is 0 Å². The number of ether oxygens (including phenoxy) is 14. The van der Waals surface area contributed by atoms with Crippen molar-refractivity contribution in [2.75, 3.05) is 40.6 Å². The van der Waals surface area contributed by atoms with Gasteiger partial charge in [-0.05, 0) is 157 Å². The van der Waals surface area contributed by atoms with Crippen molar-refractivity contribution in [3.05, 3.63) is 335 Å². The topological polar surface area (TPSA) is 306 Å². The molecule has 10 aromatic carbocycles. The number of esters is 8. The third-order valence-electron chi connectivity index (χ3n) is 18.6. The molecule has 2 aliphatic heterocycles. The lowest BCUT2D eigenvalue weighted by Gasteiger charge is -2.45. The van der Waals surface area contributed by atoms with Crippen LogP contribution in [0.2, 0.25) is 0 Å². The van der Waals surface area contributed by atoms with E-state index < -0.39 is 147 Å². The minimum atomic E-state index is -1.87. The Bertz CT molecular complexity index is 4490. The first-order valence-corrected chi connectivity index (χ1v) is 35.8. The van der Waals surface area contributed by atoms with Crippen molar-refractivity contribution in [3.63, 3.8) is 0 Å². The van der Waals surface area contributed by atoms with Crippen molar-refractivity contribution in [1.82, 2.24) is 0 Å². The van der Waals surface area contributed by atoms with Crippen molar-refractivity contribution in [2.45, 2.75) is 74.3 Å². The molecule has 0 aliphatic carbocycles. The molecule has 0 saturated carbocycles. The van der Waals surface area contributed by atoms with Crippen LogP contribution in [0.3, 0.4) is 0 Å². The summed E-state index contributed by atoms with van der Waals surface area (Å²) in [6.07, 6.45) is -18.0. The molecular formula is C88H78O24. The summed E-state index contributed by atoms with van der Waals surface area (Å²) in [4.78, 5) is 116. The summed E-state index contributed by atoms with van der Waals surface area (Å²) in [5.41, 5.74) is 1.51. The van der Waals surface area contributed by atoms with E-state index >= 15 is 0 Å². The molecule has 2 fully saturated rings. The van der Waals surface area contributed by atoms with E-state index in [1.165, 1.54) is 123 Å². The number of carbonyl (C=O) groups is 8. The number of benzene rings is 10. The van der Waals surface area contributed by atoms with Crippen molar-refractivity contribution in [1.29, 1.82) is 0 Å². The van der Waals surface area contributed by atoms with Crippen LogP contribution in [0.15, 0.2) is 279 Å². The molecule has 2 N–H and O–H groups in total. The molecule has 2 aliphatic rings. The van der Waals surface area contributed by atoms with Gasteiger partial charge in [-0.15, -0.1) is 0 Å². The molecule has 112 heavy (non-hydrogen) atoms. The Balaban J connectivity index is 0.989. The van der Waals surface area contributed by atoms with E-state index in [-0.39, 0.29) is 80.3 Å². The van der Waals surface area contributed by atoms with Gasteiger partial charge in [-0.1, -0.05) is 158 Å². The lowest BCUT2D eigenvalue weighted by molar-refractivity contribution is -0.306. The van der Waals surface area contributed by atoms with Gasteiger partial charge in [0.1, 0.15) is 25.4 Å². The molecule has 0 spiro atoms. The number of phenolic OH excluding ortho intramolecular Hbond substituents is 2. The lowest BCUT2D eigenvalue weighted by atomic mass is 9.83. The lowest BCUT2D eigenvalue weighted by Crippen LogP contribution is -2.63. The van der Waals surface area contributed by atoms with E-state index in [4.69, 9.17) is 66.3 Å². The van der Waals surface area contributed by atoms with E-state index in [0.29, 0.717) is 11.1 Å². The van der Waals surface area contributed by atoms with Gasteiger partial charge in [0.25, 0.3) is 0 Å². The normalized spacial score (nSPS) is 19.7. The van der Waals surface area contributed by atoms with Crippen LogP contribution in [-0.4, -0.2) is 160 Å². The second kappa shape index (κ2) is 38.4. The molecule has 2 heterocycles. The van der Waals surface area contributed by atoms with Gasteiger partial charge in [0, 0.05) is 0 Å². The average molecular weight is 1520 g/mol. The summed E-state index contributed by atoms with van der Waals surface area (Å²) in [5, 5.41) is 22.2. The molecule has 24 nitrogen and oxygen atoms in total. The van der Waals surface area contributed by atoms with Gasteiger partial charge in [0.15, 0.2) is 72.2 Å². The minimum Gasteiger partial charge on any atom is -0.504 e. The fourth-order valence-electron chi connectivity index (χ4n) is 12.8. The Morgan fingerprint density at radius 3 is 0.786 bits per heavy atom. The van der Waals surface area contributed by atoms with Crippen LogP contribution in [0.4, 0.5) is 0 Å². The predicted octanol–water partition coefficient (Wildman–Crippen LogP) is 12.7. The van der Waals surface area contributed by atoms with Crippen molar-refractivity contribution >= 4 is 47.8 Å². The summed E-state index contributed by atoms with van der Waals surface area (Å²) in [6, 6.07) is 72.2. The third-order valence-corrected chi connectivity index (χ3v) is 18.6. The van der Waals surface area contributed by atoms with Crippen LogP contribution in [0, 0.1) is 11.8 Å². The first kappa shape index (κ1) is 78.6. The molecule has 0 bridgehead atoms. The number of methoxy groups -OCH3 is 2. The van der Waals surface area contributed by atoms with Gasteiger partial charge < -0.3 is 76.5 Å². The standard InChI is InChI=1S/C88H78O24/c1-99-69-49-55(43-45-67(69)89)47-65(51-103-87-77(111-85(97)63-39-23-9-24-40-63)75(109-83(95)61-35-19-7-20-36-61)73(107-81(93)59-31-15-5-16-32-59)71(105-87)53-101-79(91)57-27-11-3-12-28-57)66(48-56-44-46-68(90)70(50-56)100-2)52-104-88-78(112-86(98)64-41-25-10-26-42-64)76(110-84(96)62-37-21-8-22-38-62)74(108-82(94)60-33-17-6-18-34-60)72(106-88)54-102-80(92)58-29-13-4-14-30-58/h3-46,49-50,65-66,71-78,87-90H,47-48,51-54H2,1-2H3/t65-,66-,71-,72-,73-,74-,75+,76+,77-,78-,87-,88-/m1/s1. The highest BCUT2D eigenvalue weighted by molar-refractivity contribution is 5.94. The van der Waals surface area contributed by atoms with E-state index in [2.05, 4.69) is 0 Å². The van der Waals surface area contributed by atoms with Crippen LogP contribution < -0.4 is 9.47 Å². The van der Waals surface area contributed by atoms with Crippen molar-refractivity contribution in [3.8, 4) is 23.0 Å². The zero-order chi connectivity index (χ0) is 78.3. The van der Waals surface area contributed by atoms with Gasteiger partial charge >= 0.3 is 47.8 Å². The molecule has 0 amide bonds. The maximum atomic E-state index is 14.8. The van der Waals surface area contributed by atoms with Crippen LogP contribution in [0.1, 0.15) is 94.0 Å². The second-order valence-corrected chi connectivity index (χ2v) is 26.0. The molecule has 10 aromatic rings. The molecule has 12 atom stereocenters. The zero-order valence-corrected chi connectivity index (χ0v) is 60.6. The van der Waals surface area contributed by atoms with Crippen LogP contribution >= 0.6 is 0 Å². The molecular weight excluding hydrogens is 1440 g/mol. The van der Waals surface area contributed by atoms with Crippen LogP contribution in [0.25, 0.3) is 0 Å². The SMILES string of the molecule is COc1cc(C[C@H](CO[C@@H]2O[C@H](COC(=O)c3ccccc3)[C@@H](OC(=O)c3ccccc3)[C@H](OC(=O)c3ccccc3)[C@H]2OC(=O)c2ccccc2)[C@@H](CO[C@@H]2O[C@H](COC(=O)c3ccccc3)[C@@H](OC(=O)c3ccccc3)[C@H](OC(=O)c3ccccc3)[C@H]2OC(=O)c2ccccc2)Cc2ccc(O)c(OC)c2)ccc1O. The second-order valence-electron chi connectivity index (χ2n) is 26.0. The first-order valence-electron chi connectivity index (χ1n) is 35.8. The molecule has 24 heteroatoms. The summed E-state index contributed by atoms with van der Waals surface area (Å²) >= 11 is 0. The Morgan fingerprint density at radius 2 is 0.536 bits per heavy atom. The number of aromatic hydroxyl groups is 2. The Hall–Kier alpha value is -13.0. The number of carbonyl (C=O) groups excluding carboxylic acids is 8. The smallest absolute Gasteiger partial charge is 0.338 e. The Morgan fingerprint density at radius 1 is 0.304 bits per heavy atom. The molecule has 12 rings (SSSR count). The number of phenols is 2. The van der Waals surface area contributed by atoms with Gasteiger partial charge in [0.05, 0.1) is 71.9 Å². The summed E-state index contributed by atoms with van der Waals surface area (Å²) in [7, 11) is 2.73. The third kappa shape index (κ3) is 20.5. The van der Waals surface area contributed by atoms with E-state index in [1.54, 1.807) is 170 Å². The molecule has 574 valence electrons. The number of hydrogen-bond donors (Lipinski definition) is 2. The number of rotatable bonds is 31. The molecule has 0 aromatic heterocycles. The largest absolute Gasteiger partial charge is 0.504 e. The van der Waals surface area contributed by atoms with Gasteiger partial charge in [-0.2, -0.15) is 0 Å². The van der Waals surface area contributed by atoms with Crippen molar-refractivity contribution in [2.24, 2.45) is 11.8 Å². The fourth-order valence-corrected chi connectivity index (χ4v) is 12.8. The van der Waals surface area contributed by atoms with Crippen LogP contribution in [0.5, 0.6) is 23.0 Å². The number of hydrogen-bond acceptors (Lipinski definition) is 24. The maximum absolute atomic E-state index is 14.8. The van der Waals surface area contributed by atoms with Crippen LogP contribution in [-0.2, 0) is 69.7 Å². The van der Waals surface area contributed by atoms with Crippen molar-refractivity contribution < 1.29 is 115 Å². The van der Waals surface area contributed by atoms with E-state index in [9.17, 15) is 48.6 Å². The minimum absolute atomic E-state index is 0.0267. The summed E-state index contributed by atoms with van der Waals surface area (Å²) in [5.74, 6) is -9.63. The first-order chi connectivity index (χ1) is 54.6. The van der Waals surface area contributed by atoms with E-state index in [0.717, 1.165) is 0 Å². The van der Waals surface area contributed by atoms with Gasteiger partial charge in [0.2, 0.25) is 0 Å². The highest BCUT2D eigenvalue weighted by Gasteiger charge is 2.56. The predicted molar refractivity (Wildman–Crippen MR) is 400 cm³/mol. The zero-order valence-electron chi connectivity index (χ0n) is 60.6. The summed E-state index contributed by atoms with van der Waals surface area (Å²) in [6.45, 7) is -2.36. The van der Waals surface area contributed by atoms with E-state index in [1.807, 2.05) is 0 Å². The maximum Gasteiger partial charge on any atom is 0.338 e. The molecule has 0 unspecified atom stereocenters. The highest BCUT2D eigenvalue weighted by Crippen LogP contribution is 2.38. The molecule has 2 saturated heterocycles. The molecule has 0 radical (unpaired) electrons. The monoisotopic (exact) mass is 1520 g/mol. The Kier molecular flexibility index (Phi) is 26.9. The average Bonchev–Trinajstić information content (AvgIpc) is 0.777.